The van der Waals surface area contributed by atoms with Crippen molar-refractivity contribution in [3.05, 3.63) is 11.6 Å². The Balaban J connectivity index is 0.990. The molecule has 13 heteroatoms. The first-order valence-corrected chi connectivity index (χ1v) is 18.3. The van der Waals surface area contributed by atoms with Gasteiger partial charge < -0.3 is 59.1 Å². The molecule has 278 valence electrons. The molecular formula is C36H56O13. The summed E-state index contributed by atoms with van der Waals surface area (Å²) in [6.45, 7) is 6.15. The predicted octanol–water partition coefficient (Wildman–Crippen LogP) is 0.934. The van der Waals surface area contributed by atoms with Crippen LogP contribution in [0, 0.1) is 34.5 Å². The fourth-order valence-corrected chi connectivity index (χ4v) is 11.6. The second kappa shape index (κ2) is 13.3. The number of rotatable bonds is 7. The monoisotopic (exact) mass is 696 g/mol. The summed E-state index contributed by atoms with van der Waals surface area (Å²) in [6.07, 6.45) is -2.30. The Morgan fingerprint density at radius 2 is 1.61 bits per heavy atom. The number of carbonyl (C=O) groups is 1. The minimum Gasteiger partial charge on any atom is -0.458 e. The van der Waals surface area contributed by atoms with Crippen LogP contribution in [0.2, 0.25) is 0 Å². The molecule has 18 atom stereocenters. The van der Waals surface area contributed by atoms with Crippen LogP contribution < -0.4 is 0 Å². The van der Waals surface area contributed by atoms with Gasteiger partial charge in [0.05, 0.1) is 24.4 Å². The normalized spacial score (nSPS) is 54.4. The van der Waals surface area contributed by atoms with E-state index in [1.54, 1.807) is 13.0 Å². The summed E-state index contributed by atoms with van der Waals surface area (Å²) in [7, 11) is 1.44. The molecule has 0 radical (unpaired) electrons. The Morgan fingerprint density at radius 3 is 2.31 bits per heavy atom. The number of hydrogen-bond acceptors (Lipinski definition) is 13. The third-order valence-corrected chi connectivity index (χ3v) is 14.4. The summed E-state index contributed by atoms with van der Waals surface area (Å²) >= 11 is 0. The van der Waals surface area contributed by atoms with Crippen molar-refractivity contribution in [2.24, 2.45) is 34.5 Å². The number of ether oxygens (including phenoxy) is 6. The number of aliphatic hydroxyl groups is 6. The van der Waals surface area contributed by atoms with Crippen molar-refractivity contribution in [1.29, 1.82) is 0 Å². The van der Waals surface area contributed by atoms with E-state index in [9.17, 15) is 35.4 Å². The van der Waals surface area contributed by atoms with Gasteiger partial charge in [-0.3, -0.25) is 0 Å². The lowest BCUT2D eigenvalue weighted by Gasteiger charge is -2.64. The topological polar surface area (TPSA) is 194 Å². The van der Waals surface area contributed by atoms with E-state index >= 15 is 0 Å². The molecule has 4 saturated carbocycles. The van der Waals surface area contributed by atoms with Crippen LogP contribution in [0.1, 0.15) is 78.6 Å². The highest BCUT2D eigenvalue weighted by Gasteiger charge is 2.68. The molecule has 0 amide bonds. The van der Waals surface area contributed by atoms with E-state index in [0.717, 1.165) is 63.4 Å². The third-order valence-electron chi connectivity index (χ3n) is 14.4. The summed E-state index contributed by atoms with van der Waals surface area (Å²) in [6, 6.07) is 0. The van der Waals surface area contributed by atoms with Gasteiger partial charge in [0.2, 0.25) is 0 Å². The van der Waals surface area contributed by atoms with Crippen LogP contribution in [0.5, 0.6) is 0 Å². The smallest absolute Gasteiger partial charge is 0.331 e. The molecule has 0 unspecified atom stereocenters. The molecule has 0 spiro atoms. The van der Waals surface area contributed by atoms with E-state index in [4.69, 9.17) is 28.4 Å². The summed E-state index contributed by atoms with van der Waals surface area (Å²) in [5, 5.41) is 64.3. The highest BCUT2D eigenvalue weighted by molar-refractivity contribution is 5.85. The largest absolute Gasteiger partial charge is 0.458 e. The predicted molar refractivity (Wildman–Crippen MR) is 170 cm³/mol. The zero-order chi connectivity index (χ0) is 35.0. The number of esters is 1. The van der Waals surface area contributed by atoms with Gasteiger partial charge in [0.1, 0.15) is 49.3 Å². The number of cyclic esters (lactones) is 1. The Kier molecular flexibility index (Phi) is 9.82. The van der Waals surface area contributed by atoms with Gasteiger partial charge in [0.25, 0.3) is 0 Å². The highest BCUT2D eigenvalue weighted by atomic mass is 16.7. The van der Waals surface area contributed by atoms with Gasteiger partial charge in [-0.15, -0.1) is 0 Å². The molecule has 0 bridgehead atoms. The van der Waals surface area contributed by atoms with Crippen LogP contribution in [-0.2, 0) is 33.2 Å². The molecule has 0 aromatic heterocycles. The number of aliphatic hydroxyl groups excluding tert-OH is 5. The molecule has 7 aliphatic rings. The van der Waals surface area contributed by atoms with Crippen molar-refractivity contribution in [2.45, 2.75) is 152 Å². The minimum atomic E-state index is -1.60. The first kappa shape index (κ1) is 36.1. The van der Waals surface area contributed by atoms with Crippen molar-refractivity contribution in [1.82, 2.24) is 0 Å². The molecule has 4 aliphatic carbocycles. The average molecular weight is 697 g/mol. The van der Waals surface area contributed by atoms with E-state index in [2.05, 4.69) is 13.8 Å². The van der Waals surface area contributed by atoms with Crippen LogP contribution in [0.25, 0.3) is 0 Å². The molecule has 3 heterocycles. The molecule has 3 aliphatic heterocycles. The maximum absolute atomic E-state index is 12.5. The molecule has 0 aromatic carbocycles. The van der Waals surface area contributed by atoms with Crippen molar-refractivity contribution in [2.75, 3.05) is 20.3 Å². The Morgan fingerprint density at radius 1 is 0.857 bits per heavy atom. The summed E-state index contributed by atoms with van der Waals surface area (Å²) in [4.78, 5) is 11.9. The minimum absolute atomic E-state index is 0.0579. The number of methoxy groups -OCH3 is 1. The maximum Gasteiger partial charge on any atom is 0.331 e. The number of hydrogen-bond donors (Lipinski definition) is 6. The quantitative estimate of drug-likeness (QED) is 0.163. The molecule has 49 heavy (non-hydrogen) atoms. The second-order valence-corrected chi connectivity index (χ2v) is 16.5. The lowest BCUT2D eigenvalue weighted by molar-refractivity contribution is -0.362. The first-order chi connectivity index (χ1) is 23.3. The van der Waals surface area contributed by atoms with E-state index in [1.807, 2.05) is 0 Å². The Hall–Kier alpha value is -1.23. The lowest BCUT2D eigenvalue weighted by atomic mass is 9.43. The standard InChI is InChI=1S/C36H56O13/c1-17-30(49-32-28(41)27(40)26(39)24(15-37)48-32)31(44-4)29(42)33(46-17)47-20-7-10-34(2)19(14-20)5-6-23-22(34)8-11-35(3)21(9-12-36(23,35)43)18-13-25(38)45-16-18/h13,17,19-24,26-33,37,39-43H,5-12,14-16H2,1-4H3/t17-,19-,20+,21-,22+,23-,24-,26-,27+,28-,29-,30+,31-,32+,33+,34+,35-,36+/m1/s1. The van der Waals surface area contributed by atoms with Crippen LogP contribution in [-0.4, -0.2) is 130 Å². The van der Waals surface area contributed by atoms with Gasteiger partial charge in [-0.05, 0) is 99.4 Å². The zero-order valence-corrected chi connectivity index (χ0v) is 29.1. The van der Waals surface area contributed by atoms with Crippen LogP contribution in [0.3, 0.4) is 0 Å². The van der Waals surface area contributed by atoms with E-state index in [0.29, 0.717) is 18.4 Å². The van der Waals surface area contributed by atoms with Crippen LogP contribution >= 0.6 is 0 Å². The first-order valence-electron chi connectivity index (χ1n) is 18.3. The third kappa shape index (κ3) is 5.74. The number of carbonyl (C=O) groups excluding carboxylic acids is 1. The van der Waals surface area contributed by atoms with Gasteiger partial charge in [-0.25, -0.2) is 4.79 Å². The molecular weight excluding hydrogens is 640 g/mol. The lowest BCUT2D eigenvalue weighted by Crippen LogP contribution is -2.64. The highest BCUT2D eigenvalue weighted by Crippen LogP contribution is 2.70. The summed E-state index contributed by atoms with van der Waals surface area (Å²) in [5.74, 6) is 0.909. The number of fused-ring (bicyclic) bond motifs is 5. The van der Waals surface area contributed by atoms with Crippen molar-refractivity contribution in [3.8, 4) is 0 Å². The van der Waals surface area contributed by atoms with Gasteiger partial charge >= 0.3 is 5.97 Å². The molecule has 6 N–H and O–H groups in total. The van der Waals surface area contributed by atoms with E-state index in [1.165, 1.54) is 7.11 Å². The zero-order valence-electron chi connectivity index (χ0n) is 29.1. The summed E-state index contributed by atoms with van der Waals surface area (Å²) < 4.78 is 35.1. The van der Waals surface area contributed by atoms with Crippen molar-refractivity contribution >= 4 is 5.97 Å². The van der Waals surface area contributed by atoms with Gasteiger partial charge in [-0.2, -0.15) is 0 Å². The van der Waals surface area contributed by atoms with Crippen molar-refractivity contribution in [3.63, 3.8) is 0 Å². The fourth-order valence-electron chi connectivity index (χ4n) is 11.6. The van der Waals surface area contributed by atoms with Crippen LogP contribution in [0.15, 0.2) is 11.6 Å². The Labute approximate surface area is 287 Å². The fraction of sp³-hybridized carbons (Fsp3) is 0.917. The van der Waals surface area contributed by atoms with Crippen molar-refractivity contribution < 1.29 is 63.9 Å². The molecule has 0 aromatic rings. The van der Waals surface area contributed by atoms with Gasteiger partial charge in [0, 0.05) is 18.6 Å². The molecule has 13 nitrogen and oxygen atoms in total. The average Bonchev–Trinajstić information content (AvgIpc) is 3.62. The summed E-state index contributed by atoms with van der Waals surface area (Å²) in [5.41, 5.74) is 0.0599. The Bertz CT molecular complexity index is 1260. The molecule has 2 saturated heterocycles. The molecule has 6 fully saturated rings. The maximum atomic E-state index is 12.5. The van der Waals surface area contributed by atoms with E-state index < -0.39 is 73.6 Å². The second-order valence-electron chi connectivity index (χ2n) is 16.5. The van der Waals surface area contributed by atoms with Gasteiger partial charge in [-0.1, -0.05) is 13.8 Å². The molecule has 7 rings (SSSR count). The SMILES string of the molecule is CO[C@@H]1[C@@H](O)[C@H](O[C@H]2CC[C@@]3(C)[C@H](CC[C@@H]4[C@@H]3CC[C@]3(C)[C@@H](C5=CC(=O)OC5)CC[C@]43O)C2)O[C@H](C)[C@@H]1O[C@@H]1O[C@H](CO)[C@@H](O)[C@H](O)[C@H]1O. The van der Waals surface area contributed by atoms with Gasteiger partial charge in [0.15, 0.2) is 12.6 Å². The van der Waals surface area contributed by atoms with Crippen LogP contribution in [0.4, 0.5) is 0 Å². The van der Waals surface area contributed by atoms with E-state index in [-0.39, 0.29) is 34.7 Å².